The average molecular weight is 313 g/mol. The van der Waals surface area contributed by atoms with Crippen LogP contribution in [0.3, 0.4) is 0 Å². The number of pyridine rings is 1. The van der Waals surface area contributed by atoms with Crippen molar-refractivity contribution in [2.75, 3.05) is 0 Å². The second-order valence-corrected chi connectivity index (χ2v) is 4.39. The van der Waals surface area contributed by atoms with Crippen LogP contribution in [-0.4, -0.2) is 11.3 Å². The van der Waals surface area contributed by atoms with Gasteiger partial charge in [0.25, 0.3) is 0 Å². The Bertz CT molecular complexity index is 695. The molecule has 2 aromatic rings. The van der Waals surface area contributed by atoms with Crippen molar-refractivity contribution in [1.82, 2.24) is 4.98 Å². The Balaban J connectivity index is 2.55. The number of aromatic nitrogens is 1. The van der Waals surface area contributed by atoms with Crippen LogP contribution in [0, 0.1) is 11.3 Å². The monoisotopic (exact) mass is 312 g/mol. The molecule has 0 saturated heterocycles. The first-order chi connectivity index (χ1) is 9.90. The second-order valence-electron chi connectivity index (χ2n) is 4.01. The number of alkyl halides is 3. The zero-order valence-corrected chi connectivity index (χ0v) is 11.2. The second kappa shape index (κ2) is 6.02. The van der Waals surface area contributed by atoms with Crippen LogP contribution in [0.15, 0.2) is 36.4 Å². The Morgan fingerprint density at radius 2 is 1.86 bits per heavy atom. The number of benzene rings is 1. The van der Waals surface area contributed by atoms with E-state index in [1.807, 2.05) is 6.07 Å². The minimum Gasteiger partial charge on any atom is -0.405 e. The van der Waals surface area contributed by atoms with Crippen molar-refractivity contribution in [3.8, 4) is 22.9 Å². The number of halogens is 4. The van der Waals surface area contributed by atoms with E-state index in [1.165, 1.54) is 30.3 Å². The molecule has 1 aromatic carbocycles. The normalized spacial score (nSPS) is 11.0. The third-order valence-corrected chi connectivity index (χ3v) is 2.80. The van der Waals surface area contributed by atoms with Crippen molar-refractivity contribution in [2.24, 2.45) is 0 Å². The van der Waals surface area contributed by atoms with Crippen LogP contribution in [0.25, 0.3) is 11.1 Å². The molecule has 0 saturated carbocycles. The molecule has 0 atom stereocenters. The summed E-state index contributed by atoms with van der Waals surface area (Å²) in [5.41, 5.74) is 0.869. The van der Waals surface area contributed by atoms with Gasteiger partial charge in [0.1, 0.15) is 10.9 Å². The summed E-state index contributed by atoms with van der Waals surface area (Å²) in [7, 11) is 0. The third-order valence-electron chi connectivity index (χ3n) is 2.59. The largest absolute Gasteiger partial charge is 0.573 e. The first-order valence-corrected chi connectivity index (χ1v) is 6.16. The van der Waals surface area contributed by atoms with Crippen molar-refractivity contribution in [3.05, 3.63) is 47.2 Å². The fourth-order valence-electron chi connectivity index (χ4n) is 1.83. The van der Waals surface area contributed by atoms with Gasteiger partial charge in [0.15, 0.2) is 0 Å². The number of nitriles is 1. The van der Waals surface area contributed by atoms with Gasteiger partial charge in [0, 0.05) is 11.1 Å². The molecule has 0 aliphatic carbocycles. The molecule has 0 amide bonds. The number of nitrogens with zero attached hydrogens (tertiary/aromatic N) is 2. The fourth-order valence-corrected chi connectivity index (χ4v) is 2.00. The van der Waals surface area contributed by atoms with Crippen LogP contribution >= 0.6 is 11.6 Å². The standard InChI is InChI=1S/C14H8ClF3N2O/c15-13-6-5-9(11(20-13)7-8-19)10-3-1-2-4-12(10)21-14(16,17)18/h1-6H,7H2. The SMILES string of the molecule is N#CCc1nc(Cl)ccc1-c1ccccc1OC(F)(F)F. The van der Waals surface area contributed by atoms with Crippen LogP contribution in [-0.2, 0) is 6.42 Å². The molecule has 1 heterocycles. The molecule has 0 aliphatic rings. The van der Waals surface area contributed by atoms with Crippen LogP contribution in [0.1, 0.15) is 5.69 Å². The summed E-state index contributed by atoms with van der Waals surface area (Å²) in [6, 6.07) is 10.5. The molecular formula is C14H8ClF3N2O. The van der Waals surface area contributed by atoms with E-state index in [9.17, 15) is 13.2 Å². The van der Waals surface area contributed by atoms with Crippen LogP contribution in [0.5, 0.6) is 5.75 Å². The van der Waals surface area contributed by atoms with E-state index < -0.39 is 6.36 Å². The summed E-state index contributed by atoms with van der Waals surface area (Å²) in [6.07, 6.45) is -4.87. The summed E-state index contributed by atoms with van der Waals surface area (Å²) < 4.78 is 41.3. The number of ether oxygens (including phenoxy) is 1. The Morgan fingerprint density at radius 1 is 1.14 bits per heavy atom. The van der Waals surface area contributed by atoms with Gasteiger partial charge in [0.2, 0.25) is 0 Å². The number of para-hydroxylation sites is 1. The van der Waals surface area contributed by atoms with E-state index in [0.29, 0.717) is 11.3 Å². The molecule has 0 N–H and O–H groups in total. The van der Waals surface area contributed by atoms with Gasteiger partial charge in [-0.2, -0.15) is 5.26 Å². The molecule has 3 nitrogen and oxygen atoms in total. The predicted molar refractivity (Wildman–Crippen MR) is 70.7 cm³/mol. The molecule has 108 valence electrons. The topological polar surface area (TPSA) is 45.9 Å². The molecule has 0 unspecified atom stereocenters. The molecule has 21 heavy (non-hydrogen) atoms. The smallest absolute Gasteiger partial charge is 0.405 e. The van der Waals surface area contributed by atoms with Crippen LogP contribution in [0.4, 0.5) is 13.2 Å². The maximum Gasteiger partial charge on any atom is 0.573 e. The summed E-state index contributed by atoms with van der Waals surface area (Å²) in [5.74, 6) is -0.353. The molecule has 0 radical (unpaired) electrons. The van der Waals surface area contributed by atoms with Crippen molar-refractivity contribution in [2.45, 2.75) is 12.8 Å². The fraction of sp³-hybridized carbons (Fsp3) is 0.143. The number of hydrogen-bond donors (Lipinski definition) is 0. The quantitative estimate of drug-likeness (QED) is 0.791. The van der Waals surface area contributed by atoms with Gasteiger partial charge in [-0.25, -0.2) is 4.98 Å². The van der Waals surface area contributed by atoms with Gasteiger partial charge in [-0.1, -0.05) is 29.8 Å². The summed E-state index contributed by atoms with van der Waals surface area (Å²) in [6.45, 7) is 0. The zero-order chi connectivity index (χ0) is 15.5. The summed E-state index contributed by atoms with van der Waals surface area (Å²) in [4.78, 5) is 3.98. The third kappa shape index (κ3) is 3.86. The van der Waals surface area contributed by atoms with Crippen molar-refractivity contribution >= 4 is 11.6 Å². The summed E-state index contributed by atoms with van der Waals surface area (Å²) >= 11 is 5.75. The lowest BCUT2D eigenvalue weighted by atomic mass is 10.0. The molecule has 1 aromatic heterocycles. The Morgan fingerprint density at radius 3 is 2.52 bits per heavy atom. The molecule has 0 aliphatic heterocycles. The Hall–Kier alpha value is -2.26. The van der Waals surface area contributed by atoms with E-state index in [0.717, 1.165) is 0 Å². The van der Waals surface area contributed by atoms with Gasteiger partial charge >= 0.3 is 6.36 Å². The van der Waals surface area contributed by atoms with E-state index in [4.69, 9.17) is 16.9 Å². The van der Waals surface area contributed by atoms with E-state index in [1.54, 1.807) is 6.07 Å². The number of hydrogen-bond acceptors (Lipinski definition) is 3. The molecule has 7 heteroatoms. The minimum absolute atomic E-state index is 0.0732. The van der Waals surface area contributed by atoms with Crippen LogP contribution in [0.2, 0.25) is 5.15 Å². The van der Waals surface area contributed by atoms with Crippen molar-refractivity contribution in [3.63, 3.8) is 0 Å². The lowest BCUT2D eigenvalue weighted by Crippen LogP contribution is -2.17. The highest BCUT2D eigenvalue weighted by molar-refractivity contribution is 6.29. The molecule has 0 spiro atoms. The Labute approximate surface area is 123 Å². The number of rotatable bonds is 3. The highest BCUT2D eigenvalue weighted by Crippen LogP contribution is 2.35. The van der Waals surface area contributed by atoms with Gasteiger partial charge in [-0.15, -0.1) is 13.2 Å². The molecular weight excluding hydrogens is 305 g/mol. The zero-order valence-electron chi connectivity index (χ0n) is 10.5. The van der Waals surface area contributed by atoms with Gasteiger partial charge < -0.3 is 4.74 Å². The highest BCUT2D eigenvalue weighted by Gasteiger charge is 2.32. The highest BCUT2D eigenvalue weighted by atomic mass is 35.5. The van der Waals surface area contributed by atoms with Gasteiger partial charge in [-0.05, 0) is 18.2 Å². The van der Waals surface area contributed by atoms with Gasteiger partial charge in [-0.3, -0.25) is 0 Å². The maximum atomic E-state index is 12.4. The van der Waals surface area contributed by atoms with E-state index in [-0.39, 0.29) is 22.9 Å². The molecule has 0 bridgehead atoms. The average Bonchev–Trinajstić information content (AvgIpc) is 2.39. The lowest BCUT2D eigenvalue weighted by Gasteiger charge is -2.14. The van der Waals surface area contributed by atoms with Gasteiger partial charge in [0.05, 0.1) is 18.2 Å². The van der Waals surface area contributed by atoms with Crippen molar-refractivity contribution in [1.29, 1.82) is 5.26 Å². The first kappa shape index (κ1) is 15.1. The van der Waals surface area contributed by atoms with Crippen LogP contribution < -0.4 is 4.74 Å². The molecule has 2 rings (SSSR count). The molecule has 0 fully saturated rings. The maximum absolute atomic E-state index is 12.4. The minimum atomic E-state index is -4.80. The van der Waals surface area contributed by atoms with Crippen molar-refractivity contribution < 1.29 is 17.9 Å². The Kier molecular flexibility index (Phi) is 4.34. The van der Waals surface area contributed by atoms with E-state index in [2.05, 4.69) is 9.72 Å². The predicted octanol–water partition coefficient (Wildman–Crippen LogP) is 4.37. The van der Waals surface area contributed by atoms with E-state index >= 15 is 0 Å². The first-order valence-electron chi connectivity index (χ1n) is 5.78. The summed E-state index contributed by atoms with van der Waals surface area (Å²) in [5, 5.41) is 8.96. The lowest BCUT2D eigenvalue weighted by molar-refractivity contribution is -0.274.